The van der Waals surface area contributed by atoms with E-state index in [1.165, 1.54) is 12.8 Å². The molecule has 0 aliphatic carbocycles. The monoisotopic (exact) mass is 353 g/mol. The Bertz CT molecular complexity index is 484. The first-order valence-corrected chi connectivity index (χ1v) is 8.21. The number of amides is 1. The van der Waals surface area contributed by atoms with Gasteiger partial charge in [-0.05, 0) is 66.5 Å². The Morgan fingerprint density at radius 1 is 1.33 bits per heavy atom. The van der Waals surface area contributed by atoms with Gasteiger partial charge in [-0.1, -0.05) is 19.1 Å². The molecule has 0 bridgehead atoms. The van der Waals surface area contributed by atoms with Crippen molar-refractivity contribution in [1.82, 2.24) is 10.2 Å². The van der Waals surface area contributed by atoms with Crippen LogP contribution >= 0.6 is 15.9 Å². The minimum atomic E-state index is -0.00146. The van der Waals surface area contributed by atoms with Gasteiger partial charge < -0.3 is 15.5 Å². The maximum atomic E-state index is 12.0. The van der Waals surface area contributed by atoms with E-state index in [2.05, 4.69) is 45.4 Å². The summed E-state index contributed by atoms with van der Waals surface area (Å²) in [6.45, 7) is 5.83. The molecule has 1 amide bonds. The molecular formula is C16H24BrN3O. The maximum absolute atomic E-state index is 12.0. The summed E-state index contributed by atoms with van der Waals surface area (Å²) in [4.78, 5) is 14.3. The molecule has 1 aromatic rings. The summed E-state index contributed by atoms with van der Waals surface area (Å²) in [6, 6.07) is 7.65. The van der Waals surface area contributed by atoms with Crippen molar-refractivity contribution in [3.63, 3.8) is 0 Å². The quantitative estimate of drug-likeness (QED) is 0.855. The van der Waals surface area contributed by atoms with Crippen molar-refractivity contribution in [3.05, 3.63) is 28.7 Å². The van der Waals surface area contributed by atoms with Crippen LogP contribution in [0.5, 0.6) is 0 Å². The molecule has 2 N–H and O–H groups in total. The zero-order valence-electron chi connectivity index (χ0n) is 12.8. The van der Waals surface area contributed by atoms with Crippen LogP contribution in [-0.2, 0) is 4.79 Å². The van der Waals surface area contributed by atoms with E-state index < -0.39 is 0 Å². The number of carbonyl (C=O) groups excluding carboxylic acids is 1. The van der Waals surface area contributed by atoms with Gasteiger partial charge in [0.1, 0.15) is 0 Å². The fourth-order valence-electron chi connectivity index (χ4n) is 2.57. The van der Waals surface area contributed by atoms with Crippen LogP contribution in [0.2, 0.25) is 0 Å². The second-order valence-electron chi connectivity index (χ2n) is 6.25. The first-order chi connectivity index (χ1) is 9.98. The highest BCUT2D eigenvalue weighted by Crippen LogP contribution is 2.29. The molecule has 0 saturated carbocycles. The minimum absolute atomic E-state index is 0.00146. The van der Waals surface area contributed by atoms with Crippen LogP contribution in [0.4, 0.5) is 5.69 Å². The smallest absolute Gasteiger partial charge is 0.238 e. The van der Waals surface area contributed by atoms with E-state index in [1.54, 1.807) is 0 Å². The van der Waals surface area contributed by atoms with Gasteiger partial charge in [0.2, 0.25) is 5.91 Å². The Morgan fingerprint density at radius 3 is 2.67 bits per heavy atom. The van der Waals surface area contributed by atoms with Gasteiger partial charge in [0, 0.05) is 11.0 Å². The van der Waals surface area contributed by atoms with E-state index in [9.17, 15) is 4.79 Å². The van der Waals surface area contributed by atoms with Crippen LogP contribution in [0.1, 0.15) is 19.8 Å². The lowest BCUT2D eigenvalue weighted by molar-refractivity contribution is -0.115. The van der Waals surface area contributed by atoms with Crippen LogP contribution in [0.25, 0.3) is 0 Å². The minimum Gasteiger partial charge on any atom is -0.324 e. The van der Waals surface area contributed by atoms with E-state index in [0.717, 1.165) is 29.8 Å². The van der Waals surface area contributed by atoms with Gasteiger partial charge in [-0.15, -0.1) is 0 Å². The van der Waals surface area contributed by atoms with Crippen molar-refractivity contribution in [2.45, 2.75) is 19.8 Å². The first-order valence-electron chi connectivity index (χ1n) is 7.42. The molecule has 1 fully saturated rings. The van der Waals surface area contributed by atoms with E-state index in [4.69, 9.17) is 0 Å². The Labute approximate surface area is 135 Å². The number of piperidine rings is 1. The Kier molecular flexibility index (Phi) is 5.79. The molecule has 21 heavy (non-hydrogen) atoms. The Balaban J connectivity index is 1.73. The number of nitrogens with one attached hydrogen (secondary N) is 2. The van der Waals surface area contributed by atoms with Gasteiger partial charge in [-0.25, -0.2) is 0 Å². The SMILES string of the molecule is CN1CCC(C)(CNCC(=O)Nc2ccccc2Br)CC1. The highest BCUT2D eigenvalue weighted by molar-refractivity contribution is 9.10. The molecule has 1 aromatic carbocycles. The zero-order chi connectivity index (χ0) is 15.3. The molecule has 0 aromatic heterocycles. The second kappa shape index (κ2) is 7.38. The standard InChI is InChI=1S/C16H24BrN3O/c1-16(7-9-20(2)10-8-16)12-18-11-15(21)19-14-6-4-3-5-13(14)17/h3-6,18H,7-12H2,1-2H3,(H,19,21). The lowest BCUT2D eigenvalue weighted by Gasteiger charge is -2.38. The number of likely N-dealkylation sites (tertiary alicyclic amines) is 1. The van der Waals surface area contributed by atoms with E-state index in [1.807, 2.05) is 24.3 Å². The van der Waals surface area contributed by atoms with Gasteiger partial charge in [0.15, 0.2) is 0 Å². The van der Waals surface area contributed by atoms with Gasteiger partial charge in [-0.2, -0.15) is 0 Å². The predicted octanol–water partition coefficient (Wildman–Crippen LogP) is 2.71. The molecular weight excluding hydrogens is 330 g/mol. The van der Waals surface area contributed by atoms with E-state index in [-0.39, 0.29) is 5.91 Å². The van der Waals surface area contributed by atoms with Crippen LogP contribution in [0.15, 0.2) is 28.7 Å². The van der Waals surface area contributed by atoms with Gasteiger partial charge >= 0.3 is 0 Å². The molecule has 4 nitrogen and oxygen atoms in total. The van der Waals surface area contributed by atoms with Gasteiger partial charge in [0.25, 0.3) is 0 Å². The summed E-state index contributed by atoms with van der Waals surface area (Å²) >= 11 is 3.43. The lowest BCUT2D eigenvalue weighted by Crippen LogP contribution is -2.43. The number of hydrogen-bond acceptors (Lipinski definition) is 3. The average Bonchev–Trinajstić information content (AvgIpc) is 2.45. The first kappa shape index (κ1) is 16.5. The largest absolute Gasteiger partial charge is 0.324 e. The molecule has 0 unspecified atom stereocenters. The third-order valence-electron chi connectivity index (χ3n) is 4.18. The van der Waals surface area contributed by atoms with Crippen molar-refractivity contribution in [1.29, 1.82) is 0 Å². The summed E-state index contributed by atoms with van der Waals surface area (Å²) in [5.41, 5.74) is 1.12. The third-order valence-corrected chi connectivity index (χ3v) is 4.87. The van der Waals surface area contributed by atoms with Crippen molar-refractivity contribution in [2.24, 2.45) is 5.41 Å². The highest BCUT2D eigenvalue weighted by atomic mass is 79.9. The van der Waals surface area contributed by atoms with Gasteiger partial charge in [0.05, 0.1) is 12.2 Å². The summed E-state index contributed by atoms with van der Waals surface area (Å²) < 4.78 is 0.903. The second-order valence-corrected chi connectivity index (χ2v) is 7.10. The highest BCUT2D eigenvalue weighted by Gasteiger charge is 2.28. The number of carbonyl (C=O) groups is 1. The number of halogens is 1. The van der Waals surface area contributed by atoms with E-state index >= 15 is 0 Å². The Morgan fingerprint density at radius 2 is 2.00 bits per heavy atom. The van der Waals surface area contributed by atoms with Crippen LogP contribution in [-0.4, -0.2) is 44.0 Å². The number of para-hydroxylation sites is 1. The predicted molar refractivity (Wildman–Crippen MR) is 90.5 cm³/mol. The molecule has 0 radical (unpaired) electrons. The van der Waals surface area contributed by atoms with Crippen molar-refractivity contribution >= 4 is 27.5 Å². The van der Waals surface area contributed by atoms with Crippen molar-refractivity contribution < 1.29 is 4.79 Å². The topological polar surface area (TPSA) is 44.4 Å². The number of benzene rings is 1. The number of anilines is 1. The van der Waals surface area contributed by atoms with Gasteiger partial charge in [-0.3, -0.25) is 4.79 Å². The molecule has 0 spiro atoms. The van der Waals surface area contributed by atoms with Crippen LogP contribution in [0.3, 0.4) is 0 Å². The number of rotatable bonds is 5. The molecule has 0 atom stereocenters. The average molecular weight is 354 g/mol. The fraction of sp³-hybridized carbons (Fsp3) is 0.562. The zero-order valence-corrected chi connectivity index (χ0v) is 14.4. The molecule has 1 aliphatic rings. The Hall–Kier alpha value is -0.910. The summed E-state index contributed by atoms with van der Waals surface area (Å²) in [6.07, 6.45) is 2.37. The summed E-state index contributed by atoms with van der Waals surface area (Å²) in [5.74, 6) is -0.00146. The lowest BCUT2D eigenvalue weighted by atomic mass is 9.80. The normalized spacial score (nSPS) is 18.4. The van der Waals surface area contributed by atoms with Crippen molar-refractivity contribution in [2.75, 3.05) is 38.5 Å². The molecule has 1 heterocycles. The van der Waals surface area contributed by atoms with Crippen molar-refractivity contribution in [3.8, 4) is 0 Å². The molecule has 2 rings (SSSR count). The number of nitrogens with zero attached hydrogens (tertiary/aromatic N) is 1. The number of hydrogen-bond donors (Lipinski definition) is 2. The third kappa shape index (κ3) is 5.09. The molecule has 1 saturated heterocycles. The summed E-state index contributed by atoms with van der Waals surface area (Å²) in [5, 5.41) is 6.22. The maximum Gasteiger partial charge on any atom is 0.238 e. The molecule has 1 aliphatic heterocycles. The molecule has 5 heteroatoms. The van der Waals surface area contributed by atoms with Crippen LogP contribution < -0.4 is 10.6 Å². The van der Waals surface area contributed by atoms with Crippen LogP contribution in [0, 0.1) is 5.41 Å². The fourth-order valence-corrected chi connectivity index (χ4v) is 2.95. The molecule has 116 valence electrons. The van der Waals surface area contributed by atoms with E-state index in [0.29, 0.717) is 12.0 Å². The summed E-state index contributed by atoms with van der Waals surface area (Å²) in [7, 11) is 2.16.